The quantitative estimate of drug-likeness (QED) is 0.335. The topological polar surface area (TPSA) is 46.2 Å². The SMILES string of the molecule is Cc1cc([C@@H]2[C@@H](c3ccccn3)NC(=S)N2Cc2ccco2)c(C)n1-c1ccc(Br)cc1. The summed E-state index contributed by atoms with van der Waals surface area (Å²) in [5, 5.41) is 4.23. The Labute approximate surface area is 201 Å². The minimum Gasteiger partial charge on any atom is -0.467 e. The second kappa shape index (κ2) is 8.56. The largest absolute Gasteiger partial charge is 0.467 e. The van der Waals surface area contributed by atoms with Crippen LogP contribution in [0.4, 0.5) is 0 Å². The lowest BCUT2D eigenvalue weighted by Crippen LogP contribution is -2.29. The molecule has 0 saturated carbocycles. The lowest BCUT2D eigenvalue weighted by atomic mass is 9.96. The van der Waals surface area contributed by atoms with Crippen molar-refractivity contribution in [1.29, 1.82) is 0 Å². The Morgan fingerprint density at radius 1 is 1.09 bits per heavy atom. The summed E-state index contributed by atoms with van der Waals surface area (Å²) < 4.78 is 9.01. The van der Waals surface area contributed by atoms with Crippen LogP contribution in [0.5, 0.6) is 0 Å². The van der Waals surface area contributed by atoms with Crippen molar-refractivity contribution in [2.75, 3.05) is 0 Å². The maximum absolute atomic E-state index is 5.79. The van der Waals surface area contributed by atoms with E-state index in [1.807, 2.05) is 30.5 Å². The van der Waals surface area contributed by atoms with Gasteiger partial charge in [-0.1, -0.05) is 22.0 Å². The molecule has 0 radical (unpaired) electrons. The Kier molecular flexibility index (Phi) is 5.61. The van der Waals surface area contributed by atoms with Gasteiger partial charge in [0.25, 0.3) is 0 Å². The van der Waals surface area contributed by atoms with E-state index in [4.69, 9.17) is 16.6 Å². The van der Waals surface area contributed by atoms with Crippen molar-refractivity contribution in [3.05, 3.63) is 106 Å². The number of furan rings is 1. The summed E-state index contributed by atoms with van der Waals surface area (Å²) in [6, 6.07) is 20.5. The van der Waals surface area contributed by atoms with Crippen molar-refractivity contribution < 1.29 is 4.42 Å². The molecule has 1 N–H and O–H groups in total. The minimum absolute atomic E-state index is 0.0158. The van der Waals surface area contributed by atoms with Gasteiger partial charge in [-0.15, -0.1) is 0 Å². The number of halogens is 1. The van der Waals surface area contributed by atoms with Crippen LogP contribution in [-0.4, -0.2) is 19.6 Å². The number of benzene rings is 1. The van der Waals surface area contributed by atoms with Crippen LogP contribution in [0.25, 0.3) is 5.69 Å². The molecule has 0 aliphatic carbocycles. The highest BCUT2D eigenvalue weighted by Gasteiger charge is 2.41. The number of hydrogen-bond acceptors (Lipinski definition) is 3. The van der Waals surface area contributed by atoms with Gasteiger partial charge < -0.3 is 19.2 Å². The molecule has 0 unspecified atom stereocenters. The molecule has 4 heterocycles. The van der Waals surface area contributed by atoms with E-state index < -0.39 is 0 Å². The van der Waals surface area contributed by atoms with Gasteiger partial charge in [-0.3, -0.25) is 4.98 Å². The molecule has 162 valence electrons. The Morgan fingerprint density at radius 2 is 1.91 bits per heavy atom. The Hall–Kier alpha value is -2.90. The van der Waals surface area contributed by atoms with Gasteiger partial charge in [0.05, 0.1) is 30.6 Å². The molecule has 5 rings (SSSR count). The van der Waals surface area contributed by atoms with E-state index in [0.717, 1.165) is 21.6 Å². The standard InChI is InChI=1S/C25H23BrN4OS/c1-16-14-21(17(2)30(16)19-10-8-18(26)9-11-19)24-23(22-7-3-4-12-27-22)28-25(32)29(24)15-20-6-5-13-31-20/h3-14,23-24H,15H2,1-2H3,(H,28,32)/t23-,24-/m1/s1. The second-order valence-corrected chi connectivity index (χ2v) is 9.27. The Morgan fingerprint density at radius 3 is 2.59 bits per heavy atom. The van der Waals surface area contributed by atoms with E-state index in [0.29, 0.717) is 11.7 Å². The van der Waals surface area contributed by atoms with Crippen LogP contribution >= 0.6 is 28.1 Å². The zero-order chi connectivity index (χ0) is 22.2. The van der Waals surface area contributed by atoms with Crippen molar-refractivity contribution in [1.82, 2.24) is 19.8 Å². The predicted octanol–water partition coefficient (Wildman–Crippen LogP) is 6.02. The Balaban J connectivity index is 1.62. The number of thiocarbonyl (C=S) groups is 1. The van der Waals surface area contributed by atoms with Gasteiger partial charge in [0.2, 0.25) is 0 Å². The van der Waals surface area contributed by atoms with Gasteiger partial charge in [0, 0.05) is 27.7 Å². The number of nitrogens with one attached hydrogen (secondary N) is 1. The van der Waals surface area contributed by atoms with Crippen molar-refractivity contribution in [2.24, 2.45) is 0 Å². The summed E-state index contributed by atoms with van der Waals surface area (Å²) in [4.78, 5) is 6.85. The van der Waals surface area contributed by atoms with Gasteiger partial charge in [-0.05, 0) is 86.2 Å². The molecule has 0 bridgehead atoms. The highest BCUT2D eigenvalue weighted by molar-refractivity contribution is 9.10. The van der Waals surface area contributed by atoms with E-state index in [-0.39, 0.29) is 12.1 Å². The number of aryl methyl sites for hydroxylation is 1. The van der Waals surface area contributed by atoms with E-state index in [2.05, 4.69) is 85.9 Å². The number of hydrogen-bond donors (Lipinski definition) is 1. The van der Waals surface area contributed by atoms with Crippen LogP contribution in [0.1, 0.15) is 40.5 Å². The smallest absolute Gasteiger partial charge is 0.170 e. The maximum atomic E-state index is 5.79. The lowest BCUT2D eigenvalue weighted by Gasteiger charge is -2.27. The molecule has 1 saturated heterocycles. The van der Waals surface area contributed by atoms with Crippen molar-refractivity contribution in [2.45, 2.75) is 32.5 Å². The van der Waals surface area contributed by atoms with Gasteiger partial charge in [0.15, 0.2) is 5.11 Å². The van der Waals surface area contributed by atoms with Crippen molar-refractivity contribution in [3.63, 3.8) is 0 Å². The monoisotopic (exact) mass is 506 g/mol. The molecule has 5 nitrogen and oxygen atoms in total. The summed E-state index contributed by atoms with van der Waals surface area (Å²) in [5.41, 5.74) is 5.69. The number of aromatic nitrogens is 2. The van der Waals surface area contributed by atoms with Gasteiger partial charge in [-0.2, -0.15) is 0 Å². The second-order valence-electron chi connectivity index (χ2n) is 7.97. The van der Waals surface area contributed by atoms with Crippen LogP contribution in [0, 0.1) is 13.8 Å². The van der Waals surface area contributed by atoms with Crippen LogP contribution in [0.2, 0.25) is 0 Å². The maximum Gasteiger partial charge on any atom is 0.170 e. The first-order valence-electron chi connectivity index (χ1n) is 10.5. The van der Waals surface area contributed by atoms with E-state index in [1.54, 1.807) is 6.26 Å². The van der Waals surface area contributed by atoms with E-state index in [1.165, 1.54) is 17.0 Å². The predicted molar refractivity (Wildman–Crippen MR) is 133 cm³/mol. The lowest BCUT2D eigenvalue weighted by molar-refractivity contribution is 0.286. The highest BCUT2D eigenvalue weighted by Crippen LogP contribution is 2.42. The molecule has 0 spiro atoms. The molecule has 1 aliphatic heterocycles. The molecule has 1 aliphatic rings. The summed E-state index contributed by atoms with van der Waals surface area (Å²) in [6.45, 7) is 4.91. The third kappa shape index (κ3) is 3.76. The fourth-order valence-corrected chi connectivity index (χ4v) is 5.13. The third-order valence-electron chi connectivity index (χ3n) is 5.98. The van der Waals surface area contributed by atoms with Crippen molar-refractivity contribution >= 4 is 33.3 Å². The number of pyridine rings is 1. The summed E-state index contributed by atoms with van der Waals surface area (Å²) in [7, 11) is 0. The molecular weight excluding hydrogens is 484 g/mol. The van der Waals surface area contributed by atoms with Crippen LogP contribution in [0.15, 0.2) is 82.0 Å². The molecule has 1 fully saturated rings. The minimum atomic E-state index is -0.0578. The number of nitrogens with zero attached hydrogens (tertiary/aromatic N) is 3. The fraction of sp³-hybridized carbons (Fsp3) is 0.200. The van der Waals surface area contributed by atoms with Crippen LogP contribution in [0.3, 0.4) is 0 Å². The van der Waals surface area contributed by atoms with E-state index >= 15 is 0 Å². The first kappa shape index (κ1) is 21.0. The molecule has 0 amide bonds. The normalized spacial score (nSPS) is 18.2. The van der Waals surface area contributed by atoms with E-state index in [9.17, 15) is 0 Å². The van der Waals surface area contributed by atoms with Gasteiger partial charge >= 0.3 is 0 Å². The molecule has 32 heavy (non-hydrogen) atoms. The van der Waals surface area contributed by atoms with Gasteiger partial charge in [0.1, 0.15) is 5.76 Å². The highest BCUT2D eigenvalue weighted by atomic mass is 79.9. The molecule has 7 heteroatoms. The van der Waals surface area contributed by atoms with Crippen LogP contribution < -0.4 is 5.32 Å². The molecule has 2 atom stereocenters. The molecule has 3 aromatic heterocycles. The summed E-state index contributed by atoms with van der Waals surface area (Å²) >= 11 is 9.33. The first-order chi connectivity index (χ1) is 15.5. The number of rotatable bonds is 5. The fourth-order valence-electron chi connectivity index (χ4n) is 4.56. The van der Waals surface area contributed by atoms with Crippen LogP contribution in [-0.2, 0) is 6.54 Å². The zero-order valence-corrected chi connectivity index (χ0v) is 20.2. The first-order valence-corrected chi connectivity index (χ1v) is 11.7. The molecule has 1 aromatic carbocycles. The average Bonchev–Trinajstić information content (AvgIpc) is 3.49. The summed E-state index contributed by atoms with van der Waals surface area (Å²) in [5.74, 6) is 0.877. The third-order valence-corrected chi connectivity index (χ3v) is 6.86. The van der Waals surface area contributed by atoms with Crippen molar-refractivity contribution in [3.8, 4) is 5.69 Å². The Bertz CT molecular complexity index is 1240. The molecular formula is C25H23BrN4OS. The summed E-state index contributed by atoms with van der Waals surface area (Å²) in [6.07, 6.45) is 3.53. The molecule has 4 aromatic rings. The zero-order valence-electron chi connectivity index (χ0n) is 17.8. The van der Waals surface area contributed by atoms with Gasteiger partial charge in [-0.25, -0.2) is 0 Å². The average molecular weight is 507 g/mol.